The van der Waals surface area contributed by atoms with Gasteiger partial charge in [-0.05, 0) is 18.8 Å². The Labute approximate surface area is 60.7 Å². The van der Waals surface area contributed by atoms with Crippen LogP contribution in [0.5, 0.6) is 0 Å². The zero-order chi connectivity index (χ0) is 7.82. The Morgan fingerprint density at radius 3 is 2.50 bits per heavy atom. The van der Waals surface area contributed by atoms with Gasteiger partial charge in [-0.2, -0.15) is 0 Å². The lowest BCUT2D eigenvalue weighted by Gasteiger charge is -2.07. The molecular weight excluding hydrogens is 132 g/mol. The van der Waals surface area contributed by atoms with Crippen LogP contribution < -0.4 is 0 Å². The molecule has 10 heavy (non-hydrogen) atoms. The summed E-state index contributed by atoms with van der Waals surface area (Å²) in [6.45, 7) is 0.130. The van der Waals surface area contributed by atoms with Gasteiger partial charge in [-0.3, -0.25) is 4.79 Å². The van der Waals surface area contributed by atoms with Gasteiger partial charge in [0.25, 0.3) is 0 Å². The lowest BCUT2D eigenvalue weighted by molar-refractivity contribution is 0.204. The van der Waals surface area contributed by atoms with E-state index in [0.717, 1.165) is 0 Å². The van der Waals surface area contributed by atoms with Crippen molar-refractivity contribution in [3.05, 3.63) is 0 Å². The van der Waals surface area contributed by atoms with E-state index in [0.29, 0.717) is 12.8 Å². The van der Waals surface area contributed by atoms with Gasteiger partial charge < -0.3 is 10.2 Å². The second kappa shape index (κ2) is 6.71. The van der Waals surface area contributed by atoms with Crippen LogP contribution >= 0.6 is 0 Å². The zero-order valence-corrected chi connectivity index (χ0v) is 5.92. The minimum atomic E-state index is -0.00958. The highest BCUT2D eigenvalue weighted by atomic mass is 16.3. The molecule has 0 rings (SSSR count). The molecule has 0 saturated carbocycles. The Bertz CT molecular complexity index is 82.9. The molecule has 0 heterocycles. The third-order valence-corrected chi connectivity index (χ3v) is 1.40. The van der Waals surface area contributed by atoms with E-state index in [1.165, 1.54) is 0 Å². The molecule has 0 fully saturated rings. The molecular formula is C7H13O3. The maximum absolute atomic E-state index is 9.84. The molecule has 3 nitrogen and oxygen atoms in total. The SMILES string of the molecule is O=[C]CC(CO)CCCO. The predicted octanol–water partition coefficient (Wildman–Crippen LogP) is -0.133. The second-order valence-corrected chi connectivity index (χ2v) is 2.26. The smallest absolute Gasteiger partial charge is 0.198 e. The van der Waals surface area contributed by atoms with Crippen molar-refractivity contribution in [2.24, 2.45) is 5.92 Å². The first-order valence-electron chi connectivity index (χ1n) is 3.41. The van der Waals surface area contributed by atoms with Gasteiger partial charge in [0.1, 0.15) is 0 Å². The molecule has 3 heteroatoms. The van der Waals surface area contributed by atoms with E-state index in [-0.39, 0.29) is 25.6 Å². The average molecular weight is 145 g/mol. The van der Waals surface area contributed by atoms with Crippen molar-refractivity contribution in [1.82, 2.24) is 0 Å². The number of aliphatic hydroxyl groups excluding tert-OH is 2. The number of rotatable bonds is 6. The van der Waals surface area contributed by atoms with E-state index in [1.807, 2.05) is 0 Å². The van der Waals surface area contributed by atoms with Gasteiger partial charge in [0.15, 0.2) is 6.29 Å². The van der Waals surface area contributed by atoms with Crippen LogP contribution in [0.3, 0.4) is 0 Å². The van der Waals surface area contributed by atoms with Crippen molar-refractivity contribution < 1.29 is 15.0 Å². The van der Waals surface area contributed by atoms with Gasteiger partial charge >= 0.3 is 0 Å². The van der Waals surface area contributed by atoms with E-state index in [2.05, 4.69) is 0 Å². The molecule has 0 aliphatic rings. The number of aliphatic hydroxyl groups is 2. The van der Waals surface area contributed by atoms with Crippen LogP contribution in [0.25, 0.3) is 0 Å². The summed E-state index contributed by atoms with van der Waals surface area (Å²) >= 11 is 0. The summed E-state index contributed by atoms with van der Waals surface area (Å²) in [6.07, 6.45) is 3.35. The Kier molecular flexibility index (Phi) is 6.43. The summed E-state index contributed by atoms with van der Waals surface area (Å²) in [5.41, 5.74) is 0. The average Bonchev–Trinajstić information content (AvgIpc) is 1.98. The minimum Gasteiger partial charge on any atom is -0.396 e. The van der Waals surface area contributed by atoms with E-state index >= 15 is 0 Å². The van der Waals surface area contributed by atoms with Crippen molar-refractivity contribution >= 4 is 6.29 Å². The van der Waals surface area contributed by atoms with Gasteiger partial charge in [0.2, 0.25) is 0 Å². The molecule has 2 N–H and O–H groups in total. The summed E-state index contributed by atoms with van der Waals surface area (Å²) in [4.78, 5) is 9.84. The van der Waals surface area contributed by atoms with Crippen LogP contribution in [0.2, 0.25) is 0 Å². The molecule has 0 aromatic carbocycles. The van der Waals surface area contributed by atoms with Crippen molar-refractivity contribution in [3.63, 3.8) is 0 Å². The van der Waals surface area contributed by atoms with Crippen LogP contribution in [0.1, 0.15) is 19.3 Å². The summed E-state index contributed by atoms with van der Waals surface area (Å²) in [7, 11) is 0. The van der Waals surface area contributed by atoms with E-state index in [4.69, 9.17) is 10.2 Å². The quantitative estimate of drug-likeness (QED) is 0.547. The van der Waals surface area contributed by atoms with Gasteiger partial charge in [-0.1, -0.05) is 0 Å². The van der Waals surface area contributed by atoms with Crippen molar-refractivity contribution in [2.45, 2.75) is 19.3 Å². The van der Waals surface area contributed by atoms with Gasteiger partial charge in [-0.15, -0.1) is 0 Å². The minimum absolute atomic E-state index is 0.00917. The molecule has 0 spiro atoms. The topological polar surface area (TPSA) is 57.5 Å². The van der Waals surface area contributed by atoms with Crippen LogP contribution in [0, 0.1) is 5.92 Å². The van der Waals surface area contributed by atoms with Gasteiger partial charge in [0.05, 0.1) is 0 Å². The number of hydrogen-bond donors (Lipinski definition) is 2. The van der Waals surface area contributed by atoms with Crippen LogP contribution in [-0.4, -0.2) is 29.7 Å². The first-order valence-corrected chi connectivity index (χ1v) is 3.41. The number of hydrogen-bond acceptors (Lipinski definition) is 3. The monoisotopic (exact) mass is 145 g/mol. The molecule has 1 unspecified atom stereocenters. The second-order valence-electron chi connectivity index (χ2n) is 2.26. The summed E-state index contributed by atoms with van der Waals surface area (Å²) < 4.78 is 0. The summed E-state index contributed by atoms with van der Waals surface area (Å²) in [6, 6.07) is 0. The fourth-order valence-corrected chi connectivity index (χ4v) is 0.756. The van der Waals surface area contributed by atoms with Crippen molar-refractivity contribution in [2.75, 3.05) is 13.2 Å². The molecule has 0 aliphatic heterocycles. The van der Waals surface area contributed by atoms with E-state index in [1.54, 1.807) is 6.29 Å². The fourth-order valence-electron chi connectivity index (χ4n) is 0.756. The molecule has 0 bridgehead atoms. The Morgan fingerprint density at radius 1 is 1.40 bits per heavy atom. The maximum Gasteiger partial charge on any atom is 0.198 e. The highest BCUT2D eigenvalue weighted by molar-refractivity contribution is 5.50. The lowest BCUT2D eigenvalue weighted by atomic mass is 10.0. The lowest BCUT2D eigenvalue weighted by Crippen LogP contribution is -2.07. The van der Waals surface area contributed by atoms with Crippen LogP contribution in [-0.2, 0) is 4.79 Å². The molecule has 59 valence electrons. The molecule has 0 aromatic rings. The highest BCUT2D eigenvalue weighted by Crippen LogP contribution is 2.07. The predicted molar refractivity (Wildman–Crippen MR) is 37.2 cm³/mol. The van der Waals surface area contributed by atoms with Crippen LogP contribution in [0.15, 0.2) is 0 Å². The van der Waals surface area contributed by atoms with Gasteiger partial charge in [0, 0.05) is 19.6 Å². The molecule has 0 aromatic heterocycles. The van der Waals surface area contributed by atoms with Crippen LogP contribution in [0.4, 0.5) is 0 Å². The summed E-state index contributed by atoms with van der Waals surface area (Å²) in [5, 5.41) is 17.0. The highest BCUT2D eigenvalue weighted by Gasteiger charge is 2.05. The molecule has 0 aliphatic carbocycles. The zero-order valence-electron chi connectivity index (χ0n) is 5.92. The maximum atomic E-state index is 9.84. The summed E-state index contributed by atoms with van der Waals surface area (Å²) in [5.74, 6) is -0.00958. The first kappa shape index (κ1) is 9.59. The standard InChI is InChI=1S/C7H13O3/c8-4-1-2-7(6-10)3-5-9/h7-8,10H,1-4,6H2. The van der Waals surface area contributed by atoms with E-state index < -0.39 is 0 Å². The van der Waals surface area contributed by atoms with Crippen molar-refractivity contribution in [1.29, 1.82) is 0 Å². The first-order chi connectivity index (χ1) is 4.85. The van der Waals surface area contributed by atoms with Crippen molar-refractivity contribution in [3.8, 4) is 0 Å². The number of carbonyl (C=O) groups excluding carboxylic acids is 1. The normalized spacial score (nSPS) is 13.0. The Morgan fingerprint density at radius 2 is 2.10 bits per heavy atom. The molecule has 0 amide bonds. The third kappa shape index (κ3) is 4.47. The third-order valence-electron chi connectivity index (χ3n) is 1.40. The molecule has 1 radical (unpaired) electrons. The van der Waals surface area contributed by atoms with E-state index in [9.17, 15) is 4.79 Å². The Balaban J connectivity index is 3.29. The van der Waals surface area contributed by atoms with Gasteiger partial charge in [-0.25, -0.2) is 0 Å². The largest absolute Gasteiger partial charge is 0.396 e. The Hall–Kier alpha value is -0.410. The fraction of sp³-hybridized carbons (Fsp3) is 0.857. The molecule has 1 atom stereocenters. The molecule has 0 saturated heterocycles.